The molecule has 1 heterocycles. The second-order valence-corrected chi connectivity index (χ2v) is 5.02. The Morgan fingerprint density at radius 2 is 2.05 bits per heavy atom. The highest BCUT2D eigenvalue weighted by atomic mass is 35.5. The van der Waals surface area contributed by atoms with Crippen LogP contribution >= 0.6 is 24.8 Å². The maximum atomic E-state index is 12.2. The molecule has 0 spiro atoms. The lowest BCUT2D eigenvalue weighted by Gasteiger charge is -2.19. The summed E-state index contributed by atoms with van der Waals surface area (Å²) in [5, 5.41) is 3.12. The van der Waals surface area contributed by atoms with Gasteiger partial charge in [0.05, 0.1) is 6.04 Å². The molecule has 1 aliphatic carbocycles. The number of pyridine rings is 1. The molecule has 3 N–H and O–H groups in total. The first-order valence-corrected chi connectivity index (χ1v) is 6.66. The minimum Gasteiger partial charge on any atom is -0.349 e. The molecule has 1 aromatic heterocycles. The van der Waals surface area contributed by atoms with E-state index in [4.69, 9.17) is 5.73 Å². The summed E-state index contributed by atoms with van der Waals surface area (Å²) in [6.45, 7) is 2.08. The lowest BCUT2D eigenvalue weighted by Crippen LogP contribution is -2.33. The summed E-state index contributed by atoms with van der Waals surface area (Å²) < 4.78 is 0. The average molecular weight is 320 g/mol. The second kappa shape index (κ2) is 9.16. The van der Waals surface area contributed by atoms with E-state index in [0.717, 1.165) is 31.2 Å². The highest BCUT2D eigenvalue weighted by Crippen LogP contribution is 2.25. The zero-order valence-electron chi connectivity index (χ0n) is 11.6. The van der Waals surface area contributed by atoms with E-state index in [1.165, 1.54) is 0 Å². The van der Waals surface area contributed by atoms with Crippen molar-refractivity contribution in [3.05, 3.63) is 30.1 Å². The molecule has 0 aliphatic heterocycles. The van der Waals surface area contributed by atoms with Crippen LogP contribution in [0, 0.1) is 5.92 Å². The third-order valence-corrected chi connectivity index (χ3v) is 3.68. The Kier molecular flexibility index (Phi) is 8.78. The fourth-order valence-corrected chi connectivity index (χ4v) is 2.56. The molecule has 1 aliphatic rings. The SMILES string of the molecule is CCC(NC(=O)C1CCC(N)C1)c1ccncc1.Cl.Cl. The number of nitrogens with zero attached hydrogens (tertiary/aromatic N) is 1. The molecule has 4 nitrogen and oxygen atoms in total. The molecule has 20 heavy (non-hydrogen) atoms. The summed E-state index contributed by atoms with van der Waals surface area (Å²) >= 11 is 0. The van der Waals surface area contributed by atoms with Gasteiger partial charge in [-0.3, -0.25) is 9.78 Å². The third kappa shape index (κ3) is 4.93. The number of nitrogens with two attached hydrogens (primary N) is 1. The lowest BCUT2D eigenvalue weighted by molar-refractivity contribution is -0.125. The van der Waals surface area contributed by atoms with Gasteiger partial charge in [0, 0.05) is 24.4 Å². The number of nitrogens with one attached hydrogen (secondary N) is 1. The maximum Gasteiger partial charge on any atom is 0.223 e. The predicted molar refractivity (Wildman–Crippen MR) is 85.2 cm³/mol. The molecular weight excluding hydrogens is 297 g/mol. The van der Waals surface area contributed by atoms with Crippen molar-refractivity contribution in [1.29, 1.82) is 0 Å². The van der Waals surface area contributed by atoms with Crippen LogP contribution in [0.5, 0.6) is 0 Å². The van der Waals surface area contributed by atoms with E-state index >= 15 is 0 Å². The molecule has 0 radical (unpaired) electrons. The molecule has 1 fully saturated rings. The van der Waals surface area contributed by atoms with E-state index in [9.17, 15) is 4.79 Å². The number of rotatable bonds is 4. The van der Waals surface area contributed by atoms with Crippen molar-refractivity contribution < 1.29 is 4.79 Å². The Morgan fingerprint density at radius 1 is 1.40 bits per heavy atom. The number of aromatic nitrogens is 1. The van der Waals surface area contributed by atoms with E-state index in [1.54, 1.807) is 12.4 Å². The first-order chi connectivity index (χ1) is 8.70. The van der Waals surface area contributed by atoms with Crippen LogP contribution in [-0.4, -0.2) is 16.9 Å². The van der Waals surface area contributed by atoms with E-state index in [0.29, 0.717) is 0 Å². The van der Waals surface area contributed by atoms with Crippen LogP contribution in [0.25, 0.3) is 0 Å². The Balaban J connectivity index is 0.00000180. The average Bonchev–Trinajstić information content (AvgIpc) is 2.83. The molecule has 6 heteroatoms. The third-order valence-electron chi connectivity index (χ3n) is 3.68. The van der Waals surface area contributed by atoms with Crippen molar-refractivity contribution in [2.45, 2.75) is 44.7 Å². The Bertz CT molecular complexity index is 403. The highest BCUT2D eigenvalue weighted by molar-refractivity contribution is 5.85. The van der Waals surface area contributed by atoms with Gasteiger partial charge >= 0.3 is 0 Å². The molecule has 1 amide bonds. The van der Waals surface area contributed by atoms with Gasteiger partial charge in [-0.05, 0) is 43.4 Å². The van der Waals surface area contributed by atoms with Gasteiger partial charge in [0.15, 0.2) is 0 Å². The number of hydrogen-bond acceptors (Lipinski definition) is 3. The van der Waals surface area contributed by atoms with Gasteiger partial charge in [-0.15, -0.1) is 24.8 Å². The predicted octanol–water partition coefficient (Wildman–Crippen LogP) is 2.62. The normalized spacial score (nSPS) is 22.3. The van der Waals surface area contributed by atoms with Crippen LogP contribution in [0.1, 0.15) is 44.2 Å². The van der Waals surface area contributed by atoms with Crippen molar-refractivity contribution >= 4 is 30.7 Å². The monoisotopic (exact) mass is 319 g/mol. The van der Waals surface area contributed by atoms with Crippen molar-refractivity contribution in [2.75, 3.05) is 0 Å². The van der Waals surface area contributed by atoms with Crippen molar-refractivity contribution in [1.82, 2.24) is 10.3 Å². The highest BCUT2D eigenvalue weighted by Gasteiger charge is 2.28. The molecule has 1 aromatic rings. The summed E-state index contributed by atoms with van der Waals surface area (Å²) in [5.74, 6) is 0.238. The van der Waals surface area contributed by atoms with Gasteiger partial charge in [-0.25, -0.2) is 0 Å². The quantitative estimate of drug-likeness (QED) is 0.896. The fourth-order valence-electron chi connectivity index (χ4n) is 2.56. The molecule has 3 atom stereocenters. The minimum absolute atomic E-state index is 0. The summed E-state index contributed by atoms with van der Waals surface area (Å²) in [6.07, 6.45) is 7.10. The molecule has 0 bridgehead atoms. The van der Waals surface area contributed by atoms with Crippen LogP contribution in [0.15, 0.2) is 24.5 Å². The van der Waals surface area contributed by atoms with E-state index in [1.807, 2.05) is 12.1 Å². The van der Waals surface area contributed by atoms with E-state index < -0.39 is 0 Å². The van der Waals surface area contributed by atoms with Crippen LogP contribution in [0.2, 0.25) is 0 Å². The first-order valence-electron chi connectivity index (χ1n) is 6.66. The Morgan fingerprint density at radius 3 is 2.55 bits per heavy atom. The first kappa shape index (κ1) is 19.2. The van der Waals surface area contributed by atoms with Gasteiger partial charge in [0.2, 0.25) is 5.91 Å². The zero-order valence-corrected chi connectivity index (χ0v) is 13.3. The van der Waals surface area contributed by atoms with Crippen molar-refractivity contribution in [3.63, 3.8) is 0 Å². The number of carbonyl (C=O) groups is 1. The molecule has 2 rings (SSSR count). The summed E-state index contributed by atoms with van der Waals surface area (Å²) in [7, 11) is 0. The van der Waals surface area contributed by atoms with Crippen LogP contribution < -0.4 is 11.1 Å². The second-order valence-electron chi connectivity index (χ2n) is 5.02. The fraction of sp³-hybridized carbons (Fsp3) is 0.571. The topological polar surface area (TPSA) is 68.0 Å². The number of amides is 1. The van der Waals surface area contributed by atoms with Gasteiger partial charge in [0.25, 0.3) is 0 Å². The maximum absolute atomic E-state index is 12.2. The molecule has 1 saturated carbocycles. The molecule has 3 unspecified atom stereocenters. The van der Waals surface area contributed by atoms with Gasteiger partial charge < -0.3 is 11.1 Å². The zero-order chi connectivity index (χ0) is 13.0. The molecule has 0 saturated heterocycles. The standard InChI is InChI=1S/C14H21N3O.2ClH/c1-2-13(10-5-7-16-8-6-10)17-14(18)11-3-4-12(15)9-11;;/h5-8,11-13H,2-4,9,15H2,1H3,(H,17,18);2*1H. The Labute approximate surface area is 132 Å². The number of halogens is 2. The van der Waals surface area contributed by atoms with Crippen LogP contribution in [0.4, 0.5) is 0 Å². The molecule has 0 aromatic carbocycles. The summed E-state index contributed by atoms with van der Waals surface area (Å²) in [4.78, 5) is 16.2. The molecule has 114 valence electrons. The molecular formula is C14H23Cl2N3O. The van der Waals surface area contributed by atoms with E-state index in [2.05, 4.69) is 17.2 Å². The summed E-state index contributed by atoms with van der Waals surface area (Å²) in [5.41, 5.74) is 6.96. The van der Waals surface area contributed by atoms with E-state index in [-0.39, 0.29) is 48.7 Å². The van der Waals surface area contributed by atoms with Gasteiger partial charge in [-0.1, -0.05) is 6.92 Å². The van der Waals surface area contributed by atoms with Gasteiger partial charge in [-0.2, -0.15) is 0 Å². The number of carbonyl (C=O) groups excluding carboxylic acids is 1. The smallest absolute Gasteiger partial charge is 0.223 e. The van der Waals surface area contributed by atoms with Crippen LogP contribution in [-0.2, 0) is 4.79 Å². The lowest BCUT2D eigenvalue weighted by atomic mass is 10.0. The largest absolute Gasteiger partial charge is 0.349 e. The summed E-state index contributed by atoms with van der Waals surface area (Å²) in [6, 6.07) is 4.18. The van der Waals surface area contributed by atoms with Crippen molar-refractivity contribution in [2.24, 2.45) is 11.7 Å². The van der Waals surface area contributed by atoms with Crippen LogP contribution in [0.3, 0.4) is 0 Å². The minimum atomic E-state index is 0. The van der Waals surface area contributed by atoms with Gasteiger partial charge in [0.1, 0.15) is 0 Å². The van der Waals surface area contributed by atoms with Crippen molar-refractivity contribution in [3.8, 4) is 0 Å². The number of hydrogen-bond donors (Lipinski definition) is 2. The Hall–Kier alpha value is -0.840.